The van der Waals surface area contributed by atoms with Crippen LogP contribution in [0.1, 0.15) is 0 Å². The lowest BCUT2D eigenvalue weighted by atomic mass is 10.3. The van der Waals surface area contributed by atoms with Gasteiger partial charge in [-0.2, -0.15) is 0 Å². The summed E-state index contributed by atoms with van der Waals surface area (Å²) in [5.41, 5.74) is 8.00. The Morgan fingerprint density at radius 2 is 1.67 bits per heavy atom. The standard InChI is InChI=1S/C16H12BrCl2N5/c17-9-3-1-4-10(7-9)23-15-14(20)16(22-8-21-15)24-12-6-2-5-11(18)13(12)19/h1-8H,20H2,(H2,21,22,23,24). The van der Waals surface area contributed by atoms with Crippen LogP contribution in [0.3, 0.4) is 0 Å². The molecular formula is C16H12BrCl2N5. The molecule has 3 rings (SSSR count). The second-order valence-corrected chi connectivity index (χ2v) is 6.55. The monoisotopic (exact) mass is 423 g/mol. The SMILES string of the molecule is Nc1c(Nc2cccc(Br)c2)ncnc1Nc1cccc(Cl)c1Cl. The first-order valence-electron chi connectivity index (χ1n) is 6.88. The topological polar surface area (TPSA) is 75.9 Å². The summed E-state index contributed by atoms with van der Waals surface area (Å²) >= 11 is 15.6. The van der Waals surface area contributed by atoms with Crippen LogP contribution in [-0.2, 0) is 0 Å². The third kappa shape index (κ3) is 3.72. The van der Waals surface area contributed by atoms with Gasteiger partial charge >= 0.3 is 0 Å². The zero-order chi connectivity index (χ0) is 17.1. The van der Waals surface area contributed by atoms with E-state index in [1.807, 2.05) is 24.3 Å². The smallest absolute Gasteiger partial charge is 0.159 e. The van der Waals surface area contributed by atoms with Crippen LogP contribution in [0.4, 0.5) is 28.7 Å². The minimum atomic E-state index is 0.369. The summed E-state index contributed by atoms with van der Waals surface area (Å²) in [7, 11) is 0. The lowest BCUT2D eigenvalue weighted by molar-refractivity contribution is 1.17. The molecule has 0 saturated heterocycles. The van der Waals surface area contributed by atoms with Crippen molar-refractivity contribution >= 4 is 67.8 Å². The Hall–Kier alpha value is -2.02. The van der Waals surface area contributed by atoms with Gasteiger partial charge in [0.1, 0.15) is 12.0 Å². The number of hydrogen-bond donors (Lipinski definition) is 3. The van der Waals surface area contributed by atoms with E-state index in [2.05, 4.69) is 36.5 Å². The first-order chi connectivity index (χ1) is 11.5. The molecule has 0 bridgehead atoms. The maximum absolute atomic E-state index is 6.18. The highest BCUT2D eigenvalue weighted by atomic mass is 79.9. The average molecular weight is 425 g/mol. The van der Waals surface area contributed by atoms with Crippen LogP contribution < -0.4 is 16.4 Å². The van der Waals surface area contributed by atoms with Crippen LogP contribution in [-0.4, -0.2) is 9.97 Å². The Kier molecular flexibility index (Phi) is 5.08. The molecule has 0 aliphatic rings. The normalized spacial score (nSPS) is 10.5. The summed E-state index contributed by atoms with van der Waals surface area (Å²) in [6.07, 6.45) is 1.41. The van der Waals surface area contributed by atoms with Gasteiger partial charge in [0, 0.05) is 10.2 Å². The van der Waals surface area contributed by atoms with Crippen molar-refractivity contribution in [2.45, 2.75) is 0 Å². The van der Waals surface area contributed by atoms with Gasteiger partial charge in [0.05, 0.1) is 15.7 Å². The van der Waals surface area contributed by atoms with Gasteiger partial charge in [-0.05, 0) is 30.3 Å². The molecule has 0 unspecified atom stereocenters. The van der Waals surface area contributed by atoms with Crippen molar-refractivity contribution in [2.24, 2.45) is 0 Å². The van der Waals surface area contributed by atoms with Gasteiger partial charge in [0.2, 0.25) is 0 Å². The minimum absolute atomic E-state index is 0.369. The van der Waals surface area contributed by atoms with Crippen LogP contribution in [0, 0.1) is 0 Å². The van der Waals surface area contributed by atoms with Crippen LogP contribution in [0.25, 0.3) is 0 Å². The van der Waals surface area contributed by atoms with Crippen molar-refractivity contribution in [2.75, 3.05) is 16.4 Å². The number of anilines is 5. The van der Waals surface area contributed by atoms with Gasteiger partial charge in [-0.25, -0.2) is 9.97 Å². The summed E-state index contributed by atoms with van der Waals surface area (Å²) in [6.45, 7) is 0. The van der Waals surface area contributed by atoms with Gasteiger partial charge in [-0.1, -0.05) is 51.3 Å². The maximum Gasteiger partial charge on any atom is 0.159 e. The molecule has 3 aromatic rings. The van der Waals surface area contributed by atoms with Crippen LogP contribution in [0.2, 0.25) is 10.0 Å². The number of nitrogens with two attached hydrogens (primary N) is 1. The van der Waals surface area contributed by atoms with Crippen molar-refractivity contribution < 1.29 is 0 Å². The molecule has 1 heterocycles. The quantitative estimate of drug-likeness (QED) is 0.507. The molecule has 122 valence electrons. The fraction of sp³-hybridized carbons (Fsp3) is 0. The lowest BCUT2D eigenvalue weighted by Gasteiger charge is -2.13. The predicted molar refractivity (Wildman–Crippen MR) is 104 cm³/mol. The maximum atomic E-state index is 6.18. The van der Waals surface area contributed by atoms with Crippen molar-refractivity contribution in [1.82, 2.24) is 9.97 Å². The number of nitrogens with one attached hydrogen (secondary N) is 2. The van der Waals surface area contributed by atoms with E-state index < -0.39 is 0 Å². The highest BCUT2D eigenvalue weighted by Gasteiger charge is 2.11. The van der Waals surface area contributed by atoms with E-state index in [4.69, 9.17) is 28.9 Å². The fourth-order valence-corrected chi connectivity index (χ4v) is 2.77. The summed E-state index contributed by atoms with van der Waals surface area (Å²) in [5.74, 6) is 0.926. The second kappa shape index (κ2) is 7.25. The Morgan fingerprint density at radius 3 is 2.42 bits per heavy atom. The third-order valence-corrected chi connectivity index (χ3v) is 4.49. The highest BCUT2D eigenvalue weighted by Crippen LogP contribution is 2.34. The van der Waals surface area contributed by atoms with E-state index in [-0.39, 0.29) is 0 Å². The molecule has 0 aliphatic carbocycles. The molecule has 5 nitrogen and oxygen atoms in total. The molecule has 8 heteroatoms. The number of aromatic nitrogens is 2. The van der Waals surface area contributed by atoms with Gasteiger partial charge < -0.3 is 16.4 Å². The Morgan fingerprint density at radius 1 is 0.958 bits per heavy atom. The van der Waals surface area contributed by atoms with Crippen molar-refractivity contribution in [3.8, 4) is 0 Å². The van der Waals surface area contributed by atoms with Crippen LogP contribution in [0.15, 0.2) is 53.3 Å². The number of rotatable bonds is 4. The second-order valence-electron chi connectivity index (χ2n) is 4.85. The van der Waals surface area contributed by atoms with E-state index in [0.717, 1.165) is 10.2 Å². The van der Waals surface area contributed by atoms with Gasteiger partial charge in [0.15, 0.2) is 11.6 Å². The minimum Gasteiger partial charge on any atom is -0.393 e. The molecule has 0 radical (unpaired) electrons. The molecule has 0 fully saturated rings. The number of nitrogen functional groups attached to an aromatic ring is 1. The Balaban J connectivity index is 1.89. The van der Waals surface area contributed by atoms with Gasteiger partial charge in [-0.3, -0.25) is 0 Å². The van der Waals surface area contributed by atoms with Crippen molar-refractivity contribution in [3.05, 3.63) is 63.3 Å². The summed E-state index contributed by atoms with van der Waals surface area (Å²) < 4.78 is 0.948. The zero-order valence-electron chi connectivity index (χ0n) is 12.2. The van der Waals surface area contributed by atoms with Crippen LogP contribution >= 0.6 is 39.1 Å². The van der Waals surface area contributed by atoms with E-state index in [9.17, 15) is 0 Å². The third-order valence-electron chi connectivity index (χ3n) is 3.18. The molecule has 0 spiro atoms. The highest BCUT2D eigenvalue weighted by molar-refractivity contribution is 9.10. The van der Waals surface area contributed by atoms with Crippen molar-refractivity contribution in [3.63, 3.8) is 0 Å². The molecule has 24 heavy (non-hydrogen) atoms. The molecule has 0 atom stereocenters. The Bertz CT molecular complexity index is 888. The predicted octanol–water partition coefficient (Wildman–Crippen LogP) is 5.62. The zero-order valence-corrected chi connectivity index (χ0v) is 15.3. The first-order valence-corrected chi connectivity index (χ1v) is 8.43. The Labute approximate surface area is 157 Å². The largest absolute Gasteiger partial charge is 0.393 e. The molecule has 1 aromatic heterocycles. The van der Waals surface area contributed by atoms with Gasteiger partial charge in [-0.15, -0.1) is 0 Å². The van der Waals surface area contributed by atoms with E-state index >= 15 is 0 Å². The summed E-state index contributed by atoms with van der Waals surface area (Å²) in [5, 5.41) is 7.08. The molecule has 2 aromatic carbocycles. The van der Waals surface area contributed by atoms with E-state index in [1.54, 1.807) is 18.2 Å². The van der Waals surface area contributed by atoms with E-state index in [0.29, 0.717) is 33.1 Å². The summed E-state index contributed by atoms with van der Waals surface area (Å²) in [6, 6.07) is 13.0. The number of hydrogen-bond acceptors (Lipinski definition) is 5. The van der Waals surface area contributed by atoms with E-state index in [1.165, 1.54) is 6.33 Å². The molecular weight excluding hydrogens is 413 g/mol. The number of halogens is 3. The van der Waals surface area contributed by atoms with Crippen LogP contribution in [0.5, 0.6) is 0 Å². The average Bonchev–Trinajstić information content (AvgIpc) is 2.55. The molecule has 4 N–H and O–H groups in total. The van der Waals surface area contributed by atoms with Crippen molar-refractivity contribution in [1.29, 1.82) is 0 Å². The first kappa shape index (κ1) is 16.8. The molecule has 0 saturated carbocycles. The number of benzene rings is 2. The number of nitrogens with zero attached hydrogens (tertiary/aromatic N) is 2. The fourth-order valence-electron chi connectivity index (χ4n) is 2.03. The molecule has 0 aliphatic heterocycles. The van der Waals surface area contributed by atoms with Gasteiger partial charge in [0.25, 0.3) is 0 Å². The molecule has 0 amide bonds. The summed E-state index contributed by atoms with van der Waals surface area (Å²) in [4.78, 5) is 8.35. The lowest BCUT2D eigenvalue weighted by Crippen LogP contribution is -2.05.